The van der Waals surface area contributed by atoms with Gasteiger partial charge in [-0.3, -0.25) is 9.48 Å². The summed E-state index contributed by atoms with van der Waals surface area (Å²) in [6, 6.07) is 0. The van der Waals surface area contributed by atoms with Crippen LogP contribution in [-0.2, 0) is 22.7 Å². The number of amides is 1. The predicted molar refractivity (Wildman–Crippen MR) is 80.5 cm³/mol. The van der Waals surface area contributed by atoms with E-state index < -0.39 is 0 Å². The molecule has 0 spiro atoms. The highest BCUT2D eigenvalue weighted by Gasteiger charge is 2.13. The van der Waals surface area contributed by atoms with Crippen LogP contribution in [0.5, 0.6) is 0 Å². The van der Waals surface area contributed by atoms with Crippen molar-refractivity contribution in [2.75, 3.05) is 0 Å². The van der Waals surface area contributed by atoms with E-state index in [2.05, 4.69) is 36.4 Å². The lowest BCUT2D eigenvalue weighted by Crippen LogP contribution is -2.24. The summed E-state index contributed by atoms with van der Waals surface area (Å²) in [6.45, 7) is 7.53. The highest BCUT2D eigenvalue weighted by molar-refractivity contribution is 5.75. The minimum atomic E-state index is 0.0467. The summed E-state index contributed by atoms with van der Waals surface area (Å²) in [4.78, 5) is 21.9. The van der Waals surface area contributed by atoms with Gasteiger partial charge in [0.15, 0.2) is 0 Å². The van der Waals surface area contributed by atoms with Gasteiger partial charge in [0, 0.05) is 19.4 Å². The molecule has 0 unspecified atom stereocenters. The number of aryl methyl sites for hydroxylation is 1. The fourth-order valence-electron chi connectivity index (χ4n) is 1.80. The van der Waals surface area contributed by atoms with Crippen LogP contribution in [0, 0.1) is 5.41 Å². The average molecular weight is 294 g/mol. The zero-order chi connectivity index (χ0) is 15.7. The van der Waals surface area contributed by atoms with E-state index in [9.17, 15) is 9.59 Å². The first-order valence-corrected chi connectivity index (χ1v) is 7.50. The van der Waals surface area contributed by atoms with Crippen LogP contribution in [0.15, 0.2) is 6.20 Å². The average Bonchev–Trinajstić information content (AvgIpc) is 2.86. The van der Waals surface area contributed by atoms with Crippen LogP contribution in [0.2, 0.25) is 0 Å². The van der Waals surface area contributed by atoms with Crippen molar-refractivity contribution < 1.29 is 9.59 Å². The summed E-state index contributed by atoms with van der Waals surface area (Å²) in [7, 11) is 0. The second-order valence-electron chi connectivity index (χ2n) is 6.47. The summed E-state index contributed by atoms with van der Waals surface area (Å²) in [5.41, 5.74) is 0.927. The van der Waals surface area contributed by atoms with Crippen molar-refractivity contribution >= 4 is 12.2 Å². The Kier molecular flexibility index (Phi) is 7.05. The third-order valence-corrected chi connectivity index (χ3v) is 3.11. The van der Waals surface area contributed by atoms with Gasteiger partial charge in [-0.2, -0.15) is 0 Å². The minimum Gasteiger partial charge on any atom is -0.350 e. The van der Waals surface area contributed by atoms with Crippen LogP contribution in [0.3, 0.4) is 0 Å². The zero-order valence-electron chi connectivity index (χ0n) is 13.3. The number of nitrogens with zero attached hydrogens (tertiary/aromatic N) is 3. The number of carbonyl (C=O) groups excluding carboxylic acids is 2. The van der Waals surface area contributed by atoms with Gasteiger partial charge in [-0.1, -0.05) is 26.0 Å². The first kappa shape index (κ1) is 17.3. The Balaban J connectivity index is 2.24. The van der Waals surface area contributed by atoms with Crippen LogP contribution in [0.1, 0.15) is 58.6 Å². The second kappa shape index (κ2) is 8.54. The van der Waals surface area contributed by atoms with Gasteiger partial charge in [0.05, 0.1) is 12.7 Å². The van der Waals surface area contributed by atoms with Crippen LogP contribution in [0.25, 0.3) is 0 Å². The van der Waals surface area contributed by atoms with Crippen molar-refractivity contribution in [2.45, 2.75) is 66.0 Å². The molecular weight excluding hydrogens is 268 g/mol. The molecule has 0 saturated heterocycles. The molecule has 0 bridgehead atoms. The SMILES string of the molecule is CC(C)(C)CCC(=O)NCc1cn(CCCCC=O)nn1. The summed E-state index contributed by atoms with van der Waals surface area (Å²) >= 11 is 0. The Morgan fingerprint density at radius 3 is 2.81 bits per heavy atom. The Labute approximate surface area is 126 Å². The standard InChI is InChI=1S/C15H26N4O2/c1-15(2,3)8-7-14(21)16-11-13-12-19(18-17-13)9-5-4-6-10-20/h10,12H,4-9,11H2,1-3H3,(H,16,21). The van der Waals surface area contributed by atoms with E-state index >= 15 is 0 Å². The summed E-state index contributed by atoms with van der Waals surface area (Å²) in [6.07, 6.45) is 6.52. The van der Waals surface area contributed by atoms with Gasteiger partial charge >= 0.3 is 0 Å². The molecule has 21 heavy (non-hydrogen) atoms. The lowest BCUT2D eigenvalue weighted by atomic mass is 9.90. The highest BCUT2D eigenvalue weighted by Crippen LogP contribution is 2.20. The molecule has 0 radical (unpaired) electrons. The molecule has 0 aromatic carbocycles. The van der Waals surface area contributed by atoms with Crippen molar-refractivity contribution in [1.82, 2.24) is 20.3 Å². The van der Waals surface area contributed by atoms with E-state index in [-0.39, 0.29) is 11.3 Å². The summed E-state index contributed by atoms with van der Waals surface area (Å²) < 4.78 is 1.75. The number of hydrogen-bond acceptors (Lipinski definition) is 4. The van der Waals surface area contributed by atoms with Gasteiger partial charge in [0.25, 0.3) is 0 Å². The molecule has 118 valence electrons. The Hall–Kier alpha value is -1.72. The van der Waals surface area contributed by atoms with Gasteiger partial charge in [0.1, 0.15) is 12.0 Å². The van der Waals surface area contributed by atoms with Crippen LogP contribution in [-0.4, -0.2) is 27.2 Å². The second-order valence-corrected chi connectivity index (χ2v) is 6.47. The molecule has 1 aromatic rings. The van der Waals surface area contributed by atoms with Crippen molar-refractivity contribution in [3.63, 3.8) is 0 Å². The summed E-state index contributed by atoms with van der Waals surface area (Å²) in [5, 5.41) is 10.9. The molecule has 0 aliphatic carbocycles. The maximum atomic E-state index is 11.7. The molecule has 1 heterocycles. The topological polar surface area (TPSA) is 76.9 Å². The third kappa shape index (κ3) is 8.22. The molecule has 1 aromatic heterocycles. The normalized spacial score (nSPS) is 11.4. The van der Waals surface area contributed by atoms with E-state index in [1.54, 1.807) is 4.68 Å². The molecule has 6 nitrogen and oxygen atoms in total. The number of rotatable bonds is 9. The predicted octanol–water partition coefficient (Wildman–Crippen LogP) is 2.09. The maximum Gasteiger partial charge on any atom is 0.220 e. The van der Waals surface area contributed by atoms with E-state index in [0.29, 0.717) is 19.4 Å². The number of nitrogens with one attached hydrogen (secondary N) is 1. The highest BCUT2D eigenvalue weighted by atomic mass is 16.1. The van der Waals surface area contributed by atoms with Crippen LogP contribution >= 0.6 is 0 Å². The van der Waals surface area contributed by atoms with Gasteiger partial charge in [-0.15, -0.1) is 5.10 Å². The largest absolute Gasteiger partial charge is 0.350 e. The van der Waals surface area contributed by atoms with Gasteiger partial charge in [0.2, 0.25) is 5.91 Å². The fourth-order valence-corrected chi connectivity index (χ4v) is 1.80. The Morgan fingerprint density at radius 2 is 2.14 bits per heavy atom. The van der Waals surface area contributed by atoms with Crippen LogP contribution < -0.4 is 5.32 Å². The van der Waals surface area contributed by atoms with Crippen molar-refractivity contribution in [3.8, 4) is 0 Å². The van der Waals surface area contributed by atoms with Crippen LogP contribution in [0.4, 0.5) is 0 Å². The van der Waals surface area contributed by atoms with E-state index in [4.69, 9.17) is 0 Å². The maximum absolute atomic E-state index is 11.7. The van der Waals surface area contributed by atoms with Crippen molar-refractivity contribution in [3.05, 3.63) is 11.9 Å². The van der Waals surface area contributed by atoms with Gasteiger partial charge in [-0.25, -0.2) is 0 Å². The van der Waals surface area contributed by atoms with E-state index in [1.165, 1.54) is 0 Å². The molecule has 6 heteroatoms. The number of aldehydes is 1. The molecule has 1 rings (SSSR count). The first-order chi connectivity index (χ1) is 9.90. The molecule has 0 aliphatic heterocycles. The molecular formula is C15H26N4O2. The molecule has 0 atom stereocenters. The lowest BCUT2D eigenvalue weighted by molar-refractivity contribution is -0.121. The van der Waals surface area contributed by atoms with Gasteiger partial charge in [-0.05, 0) is 24.7 Å². The van der Waals surface area contributed by atoms with Crippen molar-refractivity contribution in [1.29, 1.82) is 0 Å². The molecule has 1 N–H and O–H groups in total. The van der Waals surface area contributed by atoms with Gasteiger partial charge < -0.3 is 10.1 Å². The smallest absolute Gasteiger partial charge is 0.220 e. The monoisotopic (exact) mass is 294 g/mol. The first-order valence-electron chi connectivity index (χ1n) is 7.50. The molecule has 0 fully saturated rings. The molecule has 0 aliphatic rings. The van der Waals surface area contributed by atoms with E-state index in [1.807, 2.05) is 6.20 Å². The fraction of sp³-hybridized carbons (Fsp3) is 0.733. The number of unbranched alkanes of at least 4 members (excludes halogenated alkanes) is 2. The Morgan fingerprint density at radius 1 is 1.38 bits per heavy atom. The van der Waals surface area contributed by atoms with E-state index in [0.717, 1.165) is 37.8 Å². The number of carbonyl (C=O) groups is 2. The van der Waals surface area contributed by atoms with Crippen molar-refractivity contribution in [2.24, 2.45) is 5.41 Å². The quantitative estimate of drug-likeness (QED) is 0.559. The molecule has 1 amide bonds. The number of hydrogen-bond donors (Lipinski definition) is 1. The zero-order valence-corrected chi connectivity index (χ0v) is 13.3. The summed E-state index contributed by atoms with van der Waals surface area (Å²) in [5.74, 6) is 0.0467. The lowest BCUT2D eigenvalue weighted by Gasteiger charge is -2.17. The number of aromatic nitrogens is 3. The third-order valence-electron chi connectivity index (χ3n) is 3.11. The molecule has 0 saturated carbocycles. The Bertz CT molecular complexity index is 449. The minimum absolute atomic E-state index is 0.0467.